The molecule has 11 rings (SSSR count). The molecule has 0 aliphatic carbocycles. The van der Waals surface area contributed by atoms with Crippen LogP contribution in [0.3, 0.4) is 0 Å². The van der Waals surface area contributed by atoms with Crippen LogP contribution in [0.4, 0.5) is 17.1 Å². The summed E-state index contributed by atoms with van der Waals surface area (Å²) in [6, 6.07) is 72.2. The van der Waals surface area contributed by atoms with Crippen LogP contribution in [0.2, 0.25) is 0 Å². The molecular formula is C52H33NO. The van der Waals surface area contributed by atoms with Crippen LogP contribution >= 0.6 is 0 Å². The number of furan rings is 1. The Morgan fingerprint density at radius 2 is 0.852 bits per heavy atom. The van der Waals surface area contributed by atoms with Gasteiger partial charge >= 0.3 is 0 Å². The second-order valence-electron chi connectivity index (χ2n) is 14.1. The van der Waals surface area contributed by atoms with Crippen LogP contribution in [0.25, 0.3) is 87.3 Å². The van der Waals surface area contributed by atoms with Crippen LogP contribution in [0.5, 0.6) is 0 Å². The molecule has 252 valence electrons. The van der Waals surface area contributed by atoms with Crippen LogP contribution in [-0.2, 0) is 0 Å². The lowest BCUT2D eigenvalue weighted by molar-refractivity contribution is 0.673. The maximum atomic E-state index is 6.91. The first-order valence-corrected chi connectivity index (χ1v) is 18.5. The summed E-state index contributed by atoms with van der Waals surface area (Å²) in [6.07, 6.45) is 0. The zero-order valence-electron chi connectivity index (χ0n) is 29.4. The molecule has 0 saturated carbocycles. The predicted molar refractivity (Wildman–Crippen MR) is 229 cm³/mol. The van der Waals surface area contributed by atoms with E-state index in [4.69, 9.17) is 4.42 Å². The molecule has 1 heterocycles. The van der Waals surface area contributed by atoms with Crippen molar-refractivity contribution in [2.75, 3.05) is 4.90 Å². The summed E-state index contributed by atoms with van der Waals surface area (Å²) in [7, 11) is 0. The van der Waals surface area contributed by atoms with Gasteiger partial charge in [0, 0.05) is 27.4 Å². The molecule has 0 bridgehead atoms. The van der Waals surface area contributed by atoms with Gasteiger partial charge in [-0.2, -0.15) is 0 Å². The molecule has 0 saturated heterocycles. The Balaban J connectivity index is 1.07. The molecule has 0 fully saturated rings. The van der Waals surface area contributed by atoms with Gasteiger partial charge in [-0.1, -0.05) is 164 Å². The smallest absolute Gasteiger partial charge is 0.159 e. The lowest BCUT2D eigenvalue weighted by Gasteiger charge is -2.28. The van der Waals surface area contributed by atoms with Gasteiger partial charge in [0.1, 0.15) is 5.58 Å². The monoisotopic (exact) mass is 687 g/mol. The Morgan fingerprint density at radius 3 is 1.67 bits per heavy atom. The van der Waals surface area contributed by atoms with E-state index in [-0.39, 0.29) is 0 Å². The van der Waals surface area contributed by atoms with Crippen molar-refractivity contribution in [2.45, 2.75) is 0 Å². The fourth-order valence-electron chi connectivity index (χ4n) is 8.44. The van der Waals surface area contributed by atoms with E-state index in [0.717, 1.165) is 55.5 Å². The standard InChI is InChI=1S/C52H33NO/c1-2-11-35(12-3-1)43-16-8-9-19-49(43)53(50-20-10-18-47-48-32-24-37-14-5-7-17-44(37)51(48)54-52(47)50)40-27-21-34(22-28-40)38-25-29-42-39(33-38)26-31-45-41-15-6-4-13-36(41)23-30-46(42)45/h1-33H. The van der Waals surface area contributed by atoms with Crippen molar-refractivity contribution in [1.29, 1.82) is 0 Å². The molecule has 0 atom stereocenters. The van der Waals surface area contributed by atoms with Crippen molar-refractivity contribution in [1.82, 2.24) is 0 Å². The quantitative estimate of drug-likeness (QED) is 0.168. The van der Waals surface area contributed by atoms with Crippen molar-refractivity contribution < 1.29 is 4.42 Å². The summed E-state index contributed by atoms with van der Waals surface area (Å²) in [6.45, 7) is 0. The summed E-state index contributed by atoms with van der Waals surface area (Å²) < 4.78 is 6.91. The molecule has 0 N–H and O–H groups in total. The van der Waals surface area contributed by atoms with E-state index in [1.165, 1.54) is 48.8 Å². The van der Waals surface area contributed by atoms with Crippen molar-refractivity contribution in [2.24, 2.45) is 0 Å². The second kappa shape index (κ2) is 12.2. The molecule has 2 nitrogen and oxygen atoms in total. The minimum absolute atomic E-state index is 0.866. The third kappa shape index (κ3) is 4.81. The van der Waals surface area contributed by atoms with Crippen molar-refractivity contribution in [3.05, 3.63) is 200 Å². The third-order valence-electron chi connectivity index (χ3n) is 11.0. The Kier molecular flexibility index (Phi) is 6.90. The fraction of sp³-hybridized carbons (Fsp3) is 0. The highest BCUT2D eigenvalue weighted by atomic mass is 16.3. The van der Waals surface area contributed by atoms with Gasteiger partial charge in [0.25, 0.3) is 0 Å². The Labute approximate surface area is 312 Å². The van der Waals surface area contributed by atoms with Crippen molar-refractivity contribution in [3.63, 3.8) is 0 Å². The number of hydrogen-bond donors (Lipinski definition) is 0. The number of benzene rings is 10. The first-order chi connectivity index (χ1) is 26.8. The fourth-order valence-corrected chi connectivity index (χ4v) is 8.44. The number of hydrogen-bond acceptors (Lipinski definition) is 2. The molecule has 0 amide bonds. The molecule has 11 aromatic rings. The molecule has 0 aliphatic heterocycles. The van der Waals surface area contributed by atoms with E-state index < -0.39 is 0 Å². The normalized spacial score (nSPS) is 11.7. The van der Waals surface area contributed by atoms with Gasteiger partial charge in [-0.25, -0.2) is 0 Å². The molecule has 0 aliphatic rings. The summed E-state index contributed by atoms with van der Waals surface area (Å²) in [4.78, 5) is 2.36. The highest BCUT2D eigenvalue weighted by molar-refractivity contribution is 6.19. The first kappa shape index (κ1) is 30.5. The summed E-state index contributed by atoms with van der Waals surface area (Å²) >= 11 is 0. The number of anilines is 3. The average molecular weight is 688 g/mol. The molecular weight excluding hydrogens is 655 g/mol. The summed E-state index contributed by atoms with van der Waals surface area (Å²) in [5, 5.41) is 12.2. The molecule has 1 aromatic heterocycles. The number of fused-ring (bicyclic) bond motifs is 10. The summed E-state index contributed by atoms with van der Waals surface area (Å²) in [5.41, 5.74) is 9.59. The lowest BCUT2D eigenvalue weighted by Crippen LogP contribution is -2.11. The Bertz CT molecular complexity index is 3210. The third-order valence-corrected chi connectivity index (χ3v) is 11.0. The van der Waals surface area contributed by atoms with Crippen LogP contribution in [0.1, 0.15) is 0 Å². The maximum Gasteiger partial charge on any atom is 0.159 e. The molecule has 10 aromatic carbocycles. The van der Waals surface area contributed by atoms with Gasteiger partial charge in [0.2, 0.25) is 0 Å². The topological polar surface area (TPSA) is 16.4 Å². The molecule has 2 heteroatoms. The van der Waals surface area contributed by atoms with Gasteiger partial charge in [0.05, 0.1) is 11.4 Å². The van der Waals surface area contributed by atoms with E-state index in [9.17, 15) is 0 Å². The molecule has 0 spiro atoms. The predicted octanol–water partition coefficient (Wildman–Crippen LogP) is 15.0. The first-order valence-electron chi connectivity index (χ1n) is 18.5. The van der Waals surface area contributed by atoms with E-state index in [1.807, 2.05) is 0 Å². The Hall–Kier alpha value is -7.16. The Morgan fingerprint density at radius 1 is 0.296 bits per heavy atom. The van der Waals surface area contributed by atoms with Gasteiger partial charge in [0.15, 0.2) is 5.58 Å². The van der Waals surface area contributed by atoms with E-state index in [0.29, 0.717) is 0 Å². The van der Waals surface area contributed by atoms with E-state index in [1.54, 1.807) is 0 Å². The van der Waals surface area contributed by atoms with E-state index in [2.05, 4.69) is 205 Å². The van der Waals surface area contributed by atoms with E-state index >= 15 is 0 Å². The average Bonchev–Trinajstić information content (AvgIpc) is 3.64. The van der Waals surface area contributed by atoms with Crippen LogP contribution < -0.4 is 4.90 Å². The second-order valence-corrected chi connectivity index (χ2v) is 14.1. The van der Waals surface area contributed by atoms with Gasteiger partial charge < -0.3 is 9.32 Å². The summed E-state index contributed by atoms with van der Waals surface area (Å²) in [5.74, 6) is 0. The van der Waals surface area contributed by atoms with Crippen LogP contribution in [0, 0.1) is 0 Å². The molecule has 0 radical (unpaired) electrons. The molecule has 54 heavy (non-hydrogen) atoms. The minimum atomic E-state index is 0.866. The zero-order valence-corrected chi connectivity index (χ0v) is 29.4. The zero-order chi connectivity index (χ0) is 35.6. The lowest BCUT2D eigenvalue weighted by atomic mass is 9.94. The number of nitrogens with zero attached hydrogens (tertiary/aromatic N) is 1. The number of rotatable bonds is 5. The largest absolute Gasteiger partial charge is 0.453 e. The molecule has 0 unspecified atom stereocenters. The highest BCUT2D eigenvalue weighted by Gasteiger charge is 2.22. The van der Waals surface area contributed by atoms with Gasteiger partial charge in [-0.05, 0) is 90.8 Å². The van der Waals surface area contributed by atoms with Crippen LogP contribution in [0.15, 0.2) is 205 Å². The van der Waals surface area contributed by atoms with Crippen molar-refractivity contribution >= 4 is 82.1 Å². The highest BCUT2D eigenvalue weighted by Crippen LogP contribution is 2.46. The SMILES string of the molecule is c1ccc(-c2ccccc2N(c2ccc(-c3ccc4c(ccc5c6ccccc6ccc45)c3)cc2)c2cccc3c2oc2c4ccccc4ccc32)cc1. The minimum Gasteiger partial charge on any atom is -0.453 e. The number of para-hydroxylation sites is 2. The van der Waals surface area contributed by atoms with Gasteiger partial charge in [-0.15, -0.1) is 0 Å². The van der Waals surface area contributed by atoms with Crippen LogP contribution in [-0.4, -0.2) is 0 Å². The van der Waals surface area contributed by atoms with Gasteiger partial charge in [-0.3, -0.25) is 0 Å². The maximum absolute atomic E-state index is 6.91. The van der Waals surface area contributed by atoms with Crippen molar-refractivity contribution in [3.8, 4) is 22.3 Å².